The van der Waals surface area contributed by atoms with Gasteiger partial charge in [0.1, 0.15) is 0 Å². The first-order valence-electron chi connectivity index (χ1n) is 7.24. The van der Waals surface area contributed by atoms with Crippen molar-refractivity contribution < 1.29 is 13.2 Å². The Morgan fingerprint density at radius 1 is 1.26 bits per heavy atom. The van der Waals surface area contributed by atoms with E-state index in [0.29, 0.717) is 18.5 Å². The number of carbonyl (C=O) groups is 1. The van der Waals surface area contributed by atoms with Crippen molar-refractivity contribution in [3.05, 3.63) is 56.7 Å². The molecule has 122 valence electrons. The van der Waals surface area contributed by atoms with E-state index in [2.05, 4.69) is 15.9 Å². The summed E-state index contributed by atoms with van der Waals surface area (Å²) in [7, 11) is -3.05. The summed E-state index contributed by atoms with van der Waals surface area (Å²) in [6.45, 7) is 0.442. The van der Waals surface area contributed by atoms with Gasteiger partial charge in [0.2, 0.25) is 0 Å². The summed E-state index contributed by atoms with van der Waals surface area (Å²) >= 11 is 4.98. The molecule has 7 heteroatoms. The summed E-state index contributed by atoms with van der Waals surface area (Å²) in [5, 5.41) is 1.96. The zero-order valence-corrected chi connectivity index (χ0v) is 15.5. The van der Waals surface area contributed by atoms with Gasteiger partial charge in [-0.25, -0.2) is 8.42 Å². The Labute approximate surface area is 148 Å². The Morgan fingerprint density at radius 2 is 2.04 bits per heavy atom. The standard InChI is InChI=1S/C16H16BrNO3S2/c17-15-6-2-1-5-14(15)16(19)18(10-13-4-3-8-22-13)12-7-9-23(20,21)11-12/h1-6,8,12H,7,9-11H2. The van der Waals surface area contributed by atoms with Crippen LogP contribution in [0.15, 0.2) is 46.3 Å². The quantitative estimate of drug-likeness (QED) is 0.771. The fraction of sp³-hybridized carbons (Fsp3) is 0.312. The van der Waals surface area contributed by atoms with E-state index in [4.69, 9.17) is 0 Å². The van der Waals surface area contributed by atoms with Gasteiger partial charge in [0, 0.05) is 15.4 Å². The lowest BCUT2D eigenvalue weighted by atomic mass is 10.1. The van der Waals surface area contributed by atoms with Crippen molar-refractivity contribution in [1.82, 2.24) is 4.90 Å². The van der Waals surface area contributed by atoms with Gasteiger partial charge in [0.15, 0.2) is 9.84 Å². The first-order chi connectivity index (χ1) is 11.0. The van der Waals surface area contributed by atoms with Gasteiger partial charge in [0.25, 0.3) is 5.91 Å². The van der Waals surface area contributed by atoms with E-state index < -0.39 is 9.84 Å². The van der Waals surface area contributed by atoms with Crippen molar-refractivity contribution in [3.8, 4) is 0 Å². The fourth-order valence-corrected chi connectivity index (χ4v) is 5.64. The molecule has 0 spiro atoms. The lowest BCUT2D eigenvalue weighted by Gasteiger charge is -2.28. The average Bonchev–Trinajstić information content (AvgIpc) is 3.14. The van der Waals surface area contributed by atoms with Gasteiger partial charge in [-0.15, -0.1) is 11.3 Å². The van der Waals surface area contributed by atoms with Crippen LogP contribution in [-0.2, 0) is 16.4 Å². The van der Waals surface area contributed by atoms with E-state index in [1.165, 1.54) is 0 Å². The summed E-state index contributed by atoms with van der Waals surface area (Å²) in [4.78, 5) is 15.8. The maximum atomic E-state index is 13.0. The highest BCUT2D eigenvalue weighted by molar-refractivity contribution is 9.10. The molecule has 0 bridgehead atoms. The summed E-state index contributed by atoms with van der Waals surface area (Å²) in [6.07, 6.45) is 0.504. The van der Waals surface area contributed by atoms with E-state index in [1.54, 1.807) is 22.3 Å². The number of thiophene rings is 1. The molecule has 1 aromatic carbocycles. The predicted octanol–water partition coefficient (Wildman–Crippen LogP) is 3.34. The SMILES string of the molecule is O=C(c1ccccc1Br)N(Cc1cccs1)C1CCS(=O)(=O)C1. The first kappa shape index (κ1) is 16.7. The Bertz CT molecular complexity index is 802. The van der Waals surface area contributed by atoms with E-state index in [-0.39, 0.29) is 23.5 Å². The molecule has 4 nitrogen and oxygen atoms in total. The molecule has 2 heterocycles. The monoisotopic (exact) mass is 413 g/mol. The van der Waals surface area contributed by atoms with Crippen molar-refractivity contribution in [1.29, 1.82) is 0 Å². The van der Waals surface area contributed by atoms with Crippen LogP contribution in [0.2, 0.25) is 0 Å². The lowest BCUT2D eigenvalue weighted by molar-refractivity contribution is 0.0682. The molecule has 1 amide bonds. The molecule has 23 heavy (non-hydrogen) atoms. The van der Waals surface area contributed by atoms with Crippen LogP contribution in [0.1, 0.15) is 21.7 Å². The summed E-state index contributed by atoms with van der Waals surface area (Å²) in [5.74, 6) is 0.0733. The van der Waals surface area contributed by atoms with Gasteiger partial charge in [0.05, 0.1) is 23.6 Å². The largest absolute Gasteiger partial charge is 0.329 e. The highest BCUT2D eigenvalue weighted by Crippen LogP contribution is 2.26. The van der Waals surface area contributed by atoms with Crippen LogP contribution in [-0.4, -0.2) is 36.8 Å². The number of benzene rings is 1. The third-order valence-corrected chi connectivity index (χ3v) is 7.22. The van der Waals surface area contributed by atoms with Crippen molar-refractivity contribution in [3.63, 3.8) is 0 Å². The highest BCUT2D eigenvalue weighted by Gasteiger charge is 2.35. The number of carbonyl (C=O) groups excluding carboxylic acids is 1. The second-order valence-corrected chi connectivity index (χ2v) is 9.66. The van der Waals surface area contributed by atoms with Crippen molar-refractivity contribution in [2.24, 2.45) is 0 Å². The van der Waals surface area contributed by atoms with E-state index in [0.717, 1.165) is 9.35 Å². The summed E-state index contributed by atoms with van der Waals surface area (Å²) in [5.41, 5.74) is 0.563. The molecule has 1 atom stereocenters. The maximum Gasteiger partial charge on any atom is 0.255 e. The molecule has 1 aliphatic rings. The van der Waals surface area contributed by atoms with E-state index in [1.807, 2.05) is 35.7 Å². The first-order valence-corrected chi connectivity index (χ1v) is 10.7. The molecule has 2 aromatic rings. The van der Waals surface area contributed by atoms with Crippen LogP contribution in [0.5, 0.6) is 0 Å². The van der Waals surface area contributed by atoms with Crippen molar-refractivity contribution in [2.75, 3.05) is 11.5 Å². The molecule has 0 aliphatic carbocycles. The van der Waals surface area contributed by atoms with Crippen LogP contribution in [0.3, 0.4) is 0 Å². The third kappa shape index (κ3) is 3.84. The molecule has 0 N–H and O–H groups in total. The minimum Gasteiger partial charge on any atom is -0.329 e. The number of amides is 1. The highest BCUT2D eigenvalue weighted by atomic mass is 79.9. The van der Waals surface area contributed by atoms with Crippen LogP contribution >= 0.6 is 27.3 Å². The van der Waals surface area contributed by atoms with Crippen LogP contribution < -0.4 is 0 Å². The van der Waals surface area contributed by atoms with Crippen LogP contribution in [0, 0.1) is 0 Å². The van der Waals surface area contributed by atoms with Gasteiger partial charge in [-0.1, -0.05) is 18.2 Å². The summed E-state index contributed by atoms with van der Waals surface area (Å²) < 4.78 is 24.4. The predicted molar refractivity (Wildman–Crippen MR) is 95.4 cm³/mol. The topological polar surface area (TPSA) is 54.5 Å². The van der Waals surface area contributed by atoms with Gasteiger partial charge >= 0.3 is 0 Å². The Morgan fingerprint density at radius 3 is 2.65 bits per heavy atom. The Hall–Kier alpha value is -1.18. The molecule has 0 radical (unpaired) electrons. The molecule has 0 saturated carbocycles. The summed E-state index contributed by atoms with van der Waals surface area (Å²) in [6, 6.07) is 10.9. The second-order valence-electron chi connectivity index (χ2n) is 5.55. The third-order valence-electron chi connectivity index (χ3n) is 3.92. The molecule has 1 fully saturated rings. The number of nitrogens with zero attached hydrogens (tertiary/aromatic N) is 1. The zero-order valence-electron chi connectivity index (χ0n) is 12.3. The molecule has 1 saturated heterocycles. The number of hydrogen-bond acceptors (Lipinski definition) is 4. The van der Waals surface area contributed by atoms with Crippen LogP contribution in [0.25, 0.3) is 0 Å². The minimum absolute atomic E-state index is 0.0502. The second kappa shape index (κ2) is 6.75. The lowest BCUT2D eigenvalue weighted by Crippen LogP contribution is -2.40. The average molecular weight is 414 g/mol. The molecular weight excluding hydrogens is 398 g/mol. The molecular formula is C16H16BrNO3S2. The molecule has 1 aromatic heterocycles. The minimum atomic E-state index is -3.05. The van der Waals surface area contributed by atoms with Gasteiger partial charge in [-0.2, -0.15) is 0 Å². The molecule has 1 aliphatic heterocycles. The smallest absolute Gasteiger partial charge is 0.255 e. The van der Waals surface area contributed by atoms with E-state index >= 15 is 0 Å². The van der Waals surface area contributed by atoms with Crippen molar-refractivity contribution in [2.45, 2.75) is 19.0 Å². The van der Waals surface area contributed by atoms with Gasteiger partial charge in [-0.05, 0) is 45.9 Å². The number of halogens is 1. The van der Waals surface area contributed by atoms with E-state index in [9.17, 15) is 13.2 Å². The van der Waals surface area contributed by atoms with Gasteiger partial charge < -0.3 is 4.90 Å². The number of hydrogen-bond donors (Lipinski definition) is 0. The number of rotatable bonds is 4. The molecule has 1 unspecified atom stereocenters. The Kier molecular flexibility index (Phi) is 4.89. The molecule has 3 rings (SSSR count). The Balaban J connectivity index is 1.91. The zero-order chi connectivity index (χ0) is 16.4. The van der Waals surface area contributed by atoms with Crippen molar-refractivity contribution >= 4 is 43.0 Å². The van der Waals surface area contributed by atoms with Gasteiger partial charge in [-0.3, -0.25) is 4.79 Å². The fourth-order valence-electron chi connectivity index (χ4n) is 2.75. The number of sulfone groups is 1. The maximum absolute atomic E-state index is 13.0. The normalized spacial score (nSPS) is 19.6. The van der Waals surface area contributed by atoms with Crippen LogP contribution in [0.4, 0.5) is 0 Å².